The molecule has 0 aromatic heterocycles. The summed E-state index contributed by atoms with van der Waals surface area (Å²) in [5.41, 5.74) is 0.649. The molecule has 8 heteroatoms. The van der Waals surface area contributed by atoms with Crippen molar-refractivity contribution in [2.75, 3.05) is 39.8 Å². The van der Waals surface area contributed by atoms with Crippen LogP contribution in [-0.4, -0.2) is 56.9 Å². The quantitative estimate of drug-likeness (QED) is 0.571. The van der Waals surface area contributed by atoms with E-state index >= 15 is 0 Å². The lowest BCUT2D eigenvalue weighted by Gasteiger charge is -2.26. The summed E-state index contributed by atoms with van der Waals surface area (Å²) < 4.78 is 42.0. The van der Waals surface area contributed by atoms with Gasteiger partial charge < -0.3 is 20.3 Å². The minimum absolute atomic E-state index is 0.223. The SMILES string of the molecule is CN=C(NCCN1CCCCC1)NCc1ccccc1OCC(F)(F)F. The number of hydrogen-bond donors (Lipinski definition) is 2. The number of alkyl halides is 3. The molecule has 1 fully saturated rings. The number of nitrogens with one attached hydrogen (secondary N) is 2. The van der Waals surface area contributed by atoms with Crippen molar-refractivity contribution < 1.29 is 17.9 Å². The van der Waals surface area contributed by atoms with Crippen molar-refractivity contribution in [3.63, 3.8) is 0 Å². The summed E-state index contributed by atoms with van der Waals surface area (Å²) in [5.74, 6) is 0.841. The second-order valence-corrected chi connectivity index (χ2v) is 6.27. The molecule has 1 aromatic carbocycles. The maximum absolute atomic E-state index is 12.4. The van der Waals surface area contributed by atoms with Crippen LogP contribution in [0.15, 0.2) is 29.3 Å². The lowest BCUT2D eigenvalue weighted by Crippen LogP contribution is -2.42. The molecular weight excluding hydrogens is 345 g/mol. The van der Waals surface area contributed by atoms with Gasteiger partial charge in [0, 0.05) is 32.2 Å². The summed E-state index contributed by atoms with van der Waals surface area (Å²) in [4.78, 5) is 6.58. The summed E-state index contributed by atoms with van der Waals surface area (Å²) in [6.07, 6.45) is -0.543. The summed E-state index contributed by atoms with van der Waals surface area (Å²) in [5, 5.41) is 6.36. The van der Waals surface area contributed by atoms with Gasteiger partial charge >= 0.3 is 6.18 Å². The largest absolute Gasteiger partial charge is 0.484 e. The Hall–Kier alpha value is -1.96. The molecule has 2 rings (SSSR count). The van der Waals surface area contributed by atoms with Crippen LogP contribution in [-0.2, 0) is 6.54 Å². The minimum atomic E-state index is -4.35. The third-order valence-electron chi connectivity index (χ3n) is 4.20. The van der Waals surface area contributed by atoms with Crippen LogP contribution in [0.2, 0.25) is 0 Å². The highest BCUT2D eigenvalue weighted by molar-refractivity contribution is 5.79. The Bertz CT molecular complexity index is 572. The van der Waals surface area contributed by atoms with Gasteiger partial charge in [0.25, 0.3) is 0 Å². The van der Waals surface area contributed by atoms with E-state index in [4.69, 9.17) is 4.74 Å². The van der Waals surface area contributed by atoms with Crippen LogP contribution < -0.4 is 15.4 Å². The molecule has 1 aliphatic heterocycles. The number of aliphatic imine (C=N–C) groups is 1. The molecule has 0 atom stereocenters. The average Bonchev–Trinajstić information content (AvgIpc) is 2.63. The third kappa shape index (κ3) is 7.51. The molecule has 0 bridgehead atoms. The van der Waals surface area contributed by atoms with Crippen LogP contribution in [0.3, 0.4) is 0 Å². The Morgan fingerprint density at radius 1 is 1.15 bits per heavy atom. The van der Waals surface area contributed by atoms with Crippen LogP contribution in [0.4, 0.5) is 13.2 Å². The summed E-state index contributed by atoms with van der Waals surface area (Å²) in [6.45, 7) is 3.03. The first-order chi connectivity index (χ1) is 12.5. The van der Waals surface area contributed by atoms with E-state index in [1.165, 1.54) is 25.3 Å². The predicted octanol–water partition coefficient (Wildman–Crippen LogP) is 2.78. The Labute approximate surface area is 152 Å². The first kappa shape index (κ1) is 20.4. The predicted molar refractivity (Wildman–Crippen MR) is 96.5 cm³/mol. The molecule has 2 N–H and O–H groups in total. The van der Waals surface area contributed by atoms with E-state index in [2.05, 4.69) is 20.5 Å². The molecule has 1 aromatic rings. The number of guanidine groups is 1. The number of nitrogens with zero attached hydrogens (tertiary/aromatic N) is 2. The molecule has 0 spiro atoms. The van der Waals surface area contributed by atoms with Crippen molar-refractivity contribution in [2.24, 2.45) is 4.99 Å². The minimum Gasteiger partial charge on any atom is -0.484 e. The van der Waals surface area contributed by atoms with Crippen LogP contribution in [0.25, 0.3) is 0 Å². The standard InChI is InChI=1S/C18H27F3N4O/c1-22-17(23-9-12-25-10-5-2-6-11-25)24-13-15-7-3-4-8-16(15)26-14-18(19,20)21/h3-4,7-8H,2,5-6,9-14H2,1H3,(H2,22,23,24). The summed E-state index contributed by atoms with van der Waals surface area (Å²) >= 11 is 0. The Balaban J connectivity index is 1.78. The van der Waals surface area contributed by atoms with Crippen LogP contribution in [0.5, 0.6) is 5.75 Å². The van der Waals surface area contributed by atoms with E-state index in [0.717, 1.165) is 26.2 Å². The Morgan fingerprint density at radius 2 is 1.88 bits per heavy atom. The van der Waals surface area contributed by atoms with E-state index in [0.29, 0.717) is 18.1 Å². The van der Waals surface area contributed by atoms with E-state index < -0.39 is 12.8 Å². The number of likely N-dealkylation sites (tertiary alicyclic amines) is 1. The van der Waals surface area contributed by atoms with E-state index in [1.54, 1.807) is 25.2 Å². The maximum atomic E-state index is 12.4. The van der Waals surface area contributed by atoms with Crippen molar-refractivity contribution in [1.29, 1.82) is 0 Å². The van der Waals surface area contributed by atoms with Crippen molar-refractivity contribution in [1.82, 2.24) is 15.5 Å². The number of halogens is 3. The fraction of sp³-hybridized carbons (Fsp3) is 0.611. The molecule has 1 aliphatic rings. The molecule has 146 valence electrons. The average molecular weight is 372 g/mol. The zero-order chi connectivity index (χ0) is 18.8. The second kappa shape index (κ2) is 10.3. The fourth-order valence-corrected chi connectivity index (χ4v) is 2.87. The highest BCUT2D eigenvalue weighted by Gasteiger charge is 2.28. The Kier molecular flexibility index (Phi) is 8.03. The number of benzene rings is 1. The molecule has 1 heterocycles. The van der Waals surface area contributed by atoms with Gasteiger partial charge in [-0.1, -0.05) is 24.6 Å². The molecular formula is C18H27F3N4O. The van der Waals surface area contributed by atoms with E-state index in [-0.39, 0.29) is 5.75 Å². The molecule has 0 unspecified atom stereocenters. The first-order valence-corrected chi connectivity index (χ1v) is 8.92. The van der Waals surface area contributed by atoms with E-state index in [9.17, 15) is 13.2 Å². The van der Waals surface area contributed by atoms with Gasteiger partial charge in [0.05, 0.1) is 0 Å². The summed E-state index contributed by atoms with van der Waals surface area (Å²) in [7, 11) is 1.67. The van der Waals surface area contributed by atoms with Gasteiger partial charge in [-0.15, -0.1) is 0 Å². The summed E-state index contributed by atoms with van der Waals surface area (Å²) in [6, 6.07) is 6.69. The van der Waals surface area contributed by atoms with Crippen molar-refractivity contribution in [3.8, 4) is 5.75 Å². The zero-order valence-electron chi connectivity index (χ0n) is 15.1. The number of piperidine rings is 1. The zero-order valence-corrected chi connectivity index (χ0v) is 15.1. The van der Waals surface area contributed by atoms with Gasteiger partial charge in [-0.05, 0) is 32.0 Å². The van der Waals surface area contributed by atoms with Gasteiger partial charge in [0.1, 0.15) is 5.75 Å². The third-order valence-corrected chi connectivity index (χ3v) is 4.20. The highest BCUT2D eigenvalue weighted by atomic mass is 19.4. The number of para-hydroxylation sites is 1. The molecule has 0 radical (unpaired) electrons. The molecule has 0 saturated carbocycles. The maximum Gasteiger partial charge on any atom is 0.422 e. The van der Waals surface area contributed by atoms with E-state index in [1.807, 2.05) is 0 Å². The molecule has 5 nitrogen and oxygen atoms in total. The van der Waals surface area contributed by atoms with Gasteiger partial charge in [-0.25, -0.2) is 0 Å². The van der Waals surface area contributed by atoms with Crippen molar-refractivity contribution in [3.05, 3.63) is 29.8 Å². The van der Waals surface area contributed by atoms with Gasteiger partial charge in [-0.3, -0.25) is 4.99 Å². The number of rotatable bonds is 7. The normalized spacial score (nSPS) is 16.4. The topological polar surface area (TPSA) is 48.9 Å². The fourth-order valence-electron chi connectivity index (χ4n) is 2.87. The highest BCUT2D eigenvalue weighted by Crippen LogP contribution is 2.22. The van der Waals surface area contributed by atoms with Gasteiger partial charge in [0.15, 0.2) is 12.6 Å². The first-order valence-electron chi connectivity index (χ1n) is 8.92. The number of hydrogen-bond acceptors (Lipinski definition) is 3. The lowest BCUT2D eigenvalue weighted by atomic mass is 10.1. The molecule has 0 amide bonds. The van der Waals surface area contributed by atoms with Crippen molar-refractivity contribution in [2.45, 2.75) is 32.0 Å². The molecule has 1 saturated heterocycles. The number of ether oxygens (including phenoxy) is 1. The lowest BCUT2D eigenvalue weighted by molar-refractivity contribution is -0.153. The molecule has 0 aliphatic carbocycles. The monoisotopic (exact) mass is 372 g/mol. The van der Waals surface area contributed by atoms with Gasteiger partial charge in [-0.2, -0.15) is 13.2 Å². The van der Waals surface area contributed by atoms with Crippen LogP contribution >= 0.6 is 0 Å². The van der Waals surface area contributed by atoms with Crippen molar-refractivity contribution >= 4 is 5.96 Å². The van der Waals surface area contributed by atoms with Gasteiger partial charge in [0.2, 0.25) is 0 Å². The smallest absolute Gasteiger partial charge is 0.422 e. The van der Waals surface area contributed by atoms with Crippen LogP contribution in [0.1, 0.15) is 24.8 Å². The Morgan fingerprint density at radius 3 is 2.58 bits per heavy atom. The molecule has 26 heavy (non-hydrogen) atoms. The van der Waals surface area contributed by atoms with Crippen LogP contribution in [0, 0.1) is 0 Å². The second-order valence-electron chi connectivity index (χ2n) is 6.27.